The van der Waals surface area contributed by atoms with Crippen molar-refractivity contribution in [2.75, 3.05) is 12.3 Å². The van der Waals surface area contributed by atoms with E-state index in [4.69, 9.17) is 5.73 Å². The van der Waals surface area contributed by atoms with E-state index < -0.39 is 33.6 Å². The summed E-state index contributed by atoms with van der Waals surface area (Å²) in [5.41, 5.74) is 4.19. The highest BCUT2D eigenvalue weighted by Gasteiger charge is 2.37. The van der Waals surface area contributed by atoms with Gasteiger partial charge < -0.3 is 11.1 Å². The predicted octanol–water partition coefficient (Wildman–Crippen LogP) is 1.85. The molecule has 6 nitrogen and oxygen atoms in total. The van der Waals surface area contributed by atoms with E-state index in [1.807, 2.05) is 6.92 Å². The average Bonchev–Trinajstić information content (AvgIpc) is 3.05. The number of rotatable bonds is 4. The summed E-state index contributed by atoms with van der Waals surface area (Å²) in [5, 5.41) is 13.3. The van der Waals surface area contributed by atoms with Gasteiger partial charge in [0, 0.05) is 12.6 Å². The van der Waals surface area contributed by atoms with Crippen LogP contribution in [-0.2, 0) is 0 Å². The normalized spacial score (nSPS) is 15.9. The van der Waals surface area contributed by atoms with Crippen LogP contribution in [0.1, 0.15) is 30.1 Å². The van der Waals surface area contributed by atoms with E-state index in [9.17, 15) is 19.3 Å². The van der Waals surface area contributed by atoms with Gasteiger partial charge in [-0.3, -0.25) is 14.9 Å². The minimum absolute atomic E-state index is 0.0572. The first kappa shape index (κ1) is 13.3. The SMILES string of the molecule is CC1(CNC(=O)c2c(F)ccc([N+](=O)[O-])c2N)CC1. The third-order valence-corrected chi connectivity index (χ3v) is 3.37. The summed E-state index contributed by atoms with van der Waals surface area (Å²) in [6, 6.07) is 1.83. The van der Waals surface area contributed by atoms with Crippen LogP contribution in [0, 0.1) is 21.3 Å². The molecule has 0 bridgehead atoms. The van der Waals surface area contributed by atoms with Crippen molar-refractivity contribution < 1.29 is 14.1 Å². The Kier molecular flexibility index (Phi) is 3.13. The number of nitrogens with two attached hydrogens (primary N) is 1. The van der Waals surface area contributed by atoms with Crippen LogP contribution in [-0.4, -0.2) is 17.4 Å². The zero-order chi connectivity index (χ0) is 14.2. The minimum atomic E-state index is -0.860. The number of halogens is 1. The molecule has 1 amide bonds. The maximum Gasteiger partial charge on any atom is 0.293 e. The van der Waals surface area contributed by atoms with Gasteiger partial charge in [0.25, 0.3) is 11.6 Å². The Morgan fingerprint density at radius 3 is 2.74 bits per heavy atom. The largest absolute Gasteiger partial charge is 0.392 e. The Morgan fingerprint density at radius 2 is 2.21 bits per heavy atom. The van der Waals surface area contributed by atoms with Crippen LogP contribution < -0.4 is 11.1 Å². The van der Waals surface area contributed by atoms with Crippen LogP contribution in [0.3, 0.4) is 0 Å². The standard InChI is InChI=1S/C12H14FN3O3/c1-12(4-5-12)6-15-11(17)9-7(13)2-3-8(10(9)14)16(18)19/h2-3H,4-6,14H2,1H3,(H,15,17). The smallest absolute Gasteiger partial charge is 0.293 e. The lowest BCUT2D eigenvalue weighted by Crippen LogP contribution is -2.30. The van der Waals surface area contributed by atoms with Crippen molar-refractivity contribution >= 4 is 17.3 Å². The molecule has 0 heterocycles. The van der Waals surface area contributed by atoms with E-state index in [1.54, 1.807) is 0 Å². The number of nitrogens with zero attached hydrogens (tertiary/aromatic N) is 1. The molecule has 1 aromatic rings. The van der Waals surface area contributed by atoms with Crippen molar-refractivity contribution in [3.8, 4) is 0 Å². The molecule has 1 fully saturated rings. The van der Waals surface area contributed by atoms with E-state index in [-0.39, 0.29) is 5.41 Å². The zero-order valence-corrected chi connectivity index (χ0v) is 10.4. The molecule has 0 aromatic heterocycles. The molecule has 0 radical (unpaired) electrons. The van der Waals surface area contributed by atoms with Crippen molar-refractivity contribution in [1.29, 1.82) is 0 Å². The summed E-state index contributed by atoms with van der Waals surface area (Å²) in [6.07, 6.45) is 2.00. The van der Waals surface area contributed by atoms with Crippen molar-refractivity contribution in [1.82, 2.24) is 5.32 Å². The van der Waals surface area contributed by atoms with Crippen LogP contribution >= 0.6 is 0 Å². The van der Waals surface area contributed by atoms with Crippen LogP contribution in [0.2, 0.25) is 0 Å². The van der Waals surface area contributed by atoms with Gasteiger partial charge in [-0.1, -0.05) is 6.92 Å². The number of benzene rings is 1. The fourth-order valence-corrected chi connectivity index (χ4v) is 1.74. The zero-order valence-electron chi connectivity index (χ0n) is 10.4. The highest BCUT2D eigenvalue weighted by Crippen LogP contribution is 2.44. The predicted molar refractivity (Wildman–Crippen MR) is 67.1 cm³/mol. The second-order valence-corrected chi connectivity index (χ2v) is 5.11. The molecule has 102 valence electrons. The maximum absolute atomic E-state index is 13.6. The summed E-state index contributed by atoms with van der Waals surface area (Å²) in [6.45, 7) is 2.41. The number of nitrogen functional groups attached to an aromatic ring is 1. The van der Waals surface area contributed by atoms with E-state index in [0.717, 1.165) is 25.0 Å². The number of nitro benzene ring substituents is 1. The Hall–Kier alpha value is -2.18. The summed E-state index contributed by atoms with van der Waals surface area (Å²) in [7, 11) is 0. The van der Waals surface area contributed by atoms with Gasteiger partial charge in [-0.25, -0.2) is 4.39 Å². The molecular weight excluding hydrogens is 253 g/mol. The summed E-state index contributed by atoms with van der Waals surface area (Å²) in [5.74, 6) is -1.58. The number of carbonyl (C=O) groups is 1. The van der Waals surface area contributed by atoms with Crippen LogP contribution in [0.5, 0.6) is 0 Å². The Morgan fingerprint density at radius 1 is 1.58 bits per heavy atom. The first-order valence-corrected chi connectivity index (χ1v) is 5.85. The summed E-state index contributed by atoms with van der Waals surface area (Å²) >= 11 is 0. The highest BCUT2D eigenvalue weighted by atomic mass is 19.1. The average molecular weight is 267 g/mol. The number of nitro groups is 1. The number of carbonyl (C=O) groups excluding carboxylic acids is 1. The Bertz CT molecular complexity index is 555. The molecule has 1 saturated carbocycles. The number of amides is 1. The third-order valence-electron chi connectivity index (χ3n) is 3.37. The first-order valence-electron chi connectivity index (χ1n) is 5.85. The highest BCUT2D eigenvalue weighted by molar-refractivity contribution is 6.01. The lowest BCUT2D eigenvalue weighted by Gasteiger charge is -2.12. The first-order chi connectivity index (χ1) is 8.84. The summed E-state index contributed by atoms with van der Waals surface area (Å²) < 4.78 is 13.6. The molecule has 0 spiro atoms. The molecule has 1 aliphatic carbocycles. The van der Waals surface area contributed by atoms with Crippen LogP contribution in [0.15, 0.2) is 12.1 Å². The second kappa shape index (κ2) is 4.49. The van der Waals surface area contributed by atoms with E-state index >= 15 is 0 Å². The van der Waals surface area contributed by atoms with Gasteiger partial charge in [-0.05, 0) is 24.3 Å². The van der Waals surface area contributed by atoms with Gasteiger partial charge >= 0.3 is 0 Å². The molecule has 2 rings (SSSR count). The van der Waals surface area contributed by atoms with E-state index in [0.29, 0.717) is 6.54 Å². The number of hydrogen-bond donors (Lipinski definition) is 2. The molecule has 0 unspecified atom stereocenters. The van der Waals surface area contributed by atoms with Gasteiger partial charge in [0.05, 0.1) is 4.92 Å². The van der Waals surface area contributed by atoms with Crippen molar-refractivity contribution in [3.63, 3.8) is 0 Å². The van der Waals surface area contributed by atoms with Gasteiger partial charge in [0.1, 0.15) is 17.1 Å². The molecule has 19 heavy (non-hydrogen) atoms. The molecule has 7 heteroatoms. The van der Waals surface area contributed by atoms with E-state index in [2.05, 4.69) is 5.32 Å². The van der Waals surface area contributed by atoms with Gasteiger partial charge in [-0.2, -0.15) is 0 Å². The fourth-order valence-electron chi connectivity index (χ4n) is 1.74. The molecular formula is C12H14FN3O3. The van der Waals surface area contributed by atoms with Gasteiger partial charge in [0.2, 0.25) is 0 Å². The molecule has 0 atom stereocenters. The molecule has 3 N–H and O–H groups in total. The minimum Gasteiger partial charge on any atom is -0.392 e. The van der Waals surface area contributed by atoms with Gasteiger partial charge in [0.15, 0.2) is 0 Å². The quantitative estimate of drug-likeness (QED) is 0.494. The lowest BCUT2D eigenvalue weighted by molar-refractivity contribution is -0.384. The maximum atomic E-state index is 13.6. The molecule has 1 aliphatic rings. The number of hydrogen-bond acceptors (Lipinski definition) is 4. The number of nitrogens with one attached hydrogen (secondary N) is 1. The number of anilines is 1. The third kappa shape index (κ3) is 2.64. The van der Waals surface area contributed by atoms with Crippen molar-refractivity contribution in [2.45, 2.75) is 19.8 Å². The Balaban J connectivity index is 2.24. The van der Waals surface area contributed by atoms with Gasteiger partial charge in [-0.15, -0.1) is 0 Å². The topological polar surface area (TPSA) is 98.3 Å². The van der Waals surface area contributed by atoms with Crippen molar-refractivity contribution in [2.24, 2.45) is 5.41 Å². The van der Waals surface area contributed by atoms with Crippen LogP contribution in [0.4, 0.5) is 15.8 Å². The lowest BCUT2D eigenvalue weighted by atomic mass is 10.1. The Labute approximate surface area is 108 Å². The molecule has 0 saturated heterocycles. The molecule has 0 aliphatic heterocycles. The van der Waals surface area contributed by atoms with Crippen LogP contribution in [0.25, 0.3) is 0 Å². The summed E-state index contributed by atoms with van der Waals surface area (Å²) in [4.78, 5) is 21.8. The van der Waals surface area contributed by atoms with E-state index in [1.165, 1.54) is 0 Å². The fraction of sp³-hybridized carbons (Fsp3) is 0.417. The second-order valence-electron chi connectivity index (χ2n) is 5.11. The van der Waals surface area contributed by atoms with Crippen molar-refractivity contribution in [3.05, 3.63) is 33.6 Å². The monoisotopic (exact) mass is 267 g/mol. The molecule has 1 aromatic carbocycles.